The Morgan fingerprint density at radius 3 is 2.32 bits per heavy atom. The highest BCUT2D eigenvalue weighted by molar-refractivity contribution is 6.02. The number of hydrogen-bond acceptors (Lipinski definition) is 2. The van der Waals surface area contributed by atoms with E-state index in [0.717, 1.165) is 16.6 Å². The van der Waals surface area contributed by atoms with Crippen molar-refractivity contribution >= 4 is 16.9 Å². The van der Waals surface area contributed by atoms with Gasteiger partial charge in [0.1, 0.15) is 0 Å². The van der Waals surface area contributed by atoms with Crippen LogP contribution < -0.4 is 4.74 Å². The van der Waals surface area contributed by atoms with Gasteiger partial charge in [-0.05, 0) is 38.1 Å². The highest BCUT2D eigenvalue weighted by atomic mass is 16.5. The molecule has 0 saturated heterocycles. The third-order valence-corrected chi connectivity index (χ3v) is 3.40. The lowest BCUT2D eigenvalue weighted by Crippen LogP contribution is -2.12. The third kappa shape index (κ3) is 2.33. The van der Waals surface area contributed by atoms with Crippen LogP contribution in [-0.4, -0.2) is 21.7 Å². The molecule has 3 aromatic rings. The summed E-state index contributed by atoms with van der Waals surface area (Å²) in [7, 11) is 0. The van der Waals surface area contributed by atoms with Gasteiger partial charge in [0.15, 0.2) is 11.4 Å². The number of carbonyl (C=O) groups is 1. The summed E-state index contributed by atoms with van der Waals surface area (Å²) >= 11 is 0. The maximum absolute atomic E-state index is 11.9. The molecule has 0 aliphatic carbocycles. The second kappa shape index (κ2) is 5.56. The summed E-state index contributed by atoms with van der Waals surface area (Å²) in [5, 5.41) is 10.5. The maximum Gasteiger partial charge on any atom is 0.356 e. The van der Waals surface area contributed by atoms with Crippen molar-refractivity contribution < 1.29 is 14.6 Å². The minimum absolute atomic E-state index is 0.104. The largest absolute Gasteiger partial charge is 0.488 e. The van der Waals surface area contributed by atoms with E-state index in [4.69, 9.17) is 4.74 Å². The molecule has 0 aliphatic rings. The third-order valence-electron chi connectivity index (χ3n) is 3.40. The summed E-state index contributed by atoms with van der Waals surface area (Å²) in [5.41, 5.74) is 1.78. The summed E-state index contributed by atoms with van der Waals surface area (Å²) < 4.78 is 7.55. The number of hydrogen-bond donors (Lipinski definition) is 1. The van der Waals surface area contributed by atoms with Crippen LogP contribution in [0.25, 0.3) is 16.6 Å². The molecule has 3 rings (SSSR count). The van der Waals surface area contributed by atoms with Crippen LogP contribution in [0, 0.1) is 0 Å². The van der Waals surface area contributed by atoms with E-state index in [1.54, 1.807) is 4.57 Å². The molecule has 0 amide bonds. The monoisotopic (exact) mass is 295 g/mol. The Bertz CT molecular complexity index is 819. The van der Waals surface area contributed by atoms with Crippen molar-refractivity contribution in [2.45, 2.75) is 20.0 Å². The number of nitrogens with zero attached hydrogens (tertiary/aromatic N) is 1. The number of carboxylic acid groups (broad SMARTS) is 1. The molecule has 0 saturated carbocycles. The first-order valence-electron chi connectivity index (χ1n) is 7.18. The van der Waals surface area contributed by atoms with Crippen LogP contribution in [0.3, 0.4) is 0 Å². The molecule has 0 atom stereocenters. The van der Waals surface area contributed by atoms with E-state index < -0.39 is 5.97 Å². The zero-order chi connectivity index (χ0) is 15.7. The molecule has 0 bridgehead atoms. The Kier molecular flexibility index (Phi) is 3.59. The van der Waals surface area contributed by atoms with Gasteiger partial charge < -0.3 is 14.4 Å². The fourth-order valence-corrected chi connectivity index (χ4v) is 2.60. The van der Waals surface area contributed by atoms with Gasteiger partial charge in [0.05, 0.1) is 11.6 Å². The molecule has 4 heteroatoms. The van der Waals surface area contributed by atoms with E-state index in [1.807, 2.05) is 68.4 Å². The van der Waals surface area contributed by atoms with Gasteiger partial charge in [-0.25, -0.2) is 4.79 Å². The minimum Gasteiger partial charge on any atom is -0.488 e. The lowest BCUT2D eigenvalue weighted by molar-refractivity contribution is 0.0682. The molecule has 1 N–H and O–H groups in total. The predicted molar refractivity (Wildman–Crippen MR) is 86.0 cm³/mol. The van der Waals surface area contributed by atoms with Crippen molar-refractivity contribution in [2.75, 3.05) is 0 Å². The van der Waals surface area contributed by atoms with Crippen molar-refractivity contribution in [2.24, 2.45) is 0 Å². The smallest absolute Gasteiger partial charge is 0.356 e. The molecule has 0 aliphatic heterocycles. The zero-order valence-corrected chi connectivity index (χ0v) is 12.5. The summed E-state index contributed by atoms with van der Waals surface area (Å²) in [4.78, 5) is 11.9. The average molecular weight is 295 g/mol. The molecule has 112 valence electrons. The highest BCUT2D eigenvalue weighted by Crippen LogP contribution is 2.36. The van der Waals surface area contributed by atoms with Crippen LogP contribution in [0.2, 0.25) is 0 Å². The normalized spacial score (nSPS) is 11.0. The van der Waals surface area contributed by atoms with Gasteiger partial charge in [-0.2, -0.15) is 0 Å². The zero-order valence-electron chi connectivity index (χ0n) is 12.5. The second-order valence-electron chi connectivity index (χ2n) is 5.34. The molecule has 0 fully saturated rings. The van der Waals surface area contributed by atoms with E-state index in [1.165, 1.54) is 0 Å². The first-order valence-corrected chi connectivity index (χ1v) is 7.18. The number of aromatic carboxylic acids is 1. The standard InChI is InChI=1S/C18H17NO3/c1-12(2)22-17-14-10-6-7-11-15(14)19(16(17)18(20)21)13-8-4-3-5-9-13/h3-12H,1-2H3,(H,20,21). The van der Waals surface area contributed by atoms with Crippen LogP contribution in [0.1, 0.15) is 24.3 Å². The van der Waals surface area contributed by atoms with Crippen LogP contribution >= 0.6 is 0 Å². The van der Waals surface area contributed by atoms with Crippen LogP contribution in [0.15, 0.2) is 54.6 Å². The molecule has 22 heavy (non-hydrogen) atoms. The Morgan fingerprint density at radius 1 is 1.05 bits per heavy atom. The Morgan fingerprint density at radius 2 is 1.68 bits per heavy atom. The van der Waals surface area contributed by atoms with Crippen molar-refractivity contribution in [1.82, 2.24) is 4.57 Å². The van der Waals surface area contributed by atoms with E-state index in [2.05, 4.69) is 0 Å². The lowest BCUT2D eigenvalue weighted by Gasteiger charge is -2.11. The van der Waals surface area contributed by atoms with Gasteiger partial charge in [0.25, 0.3) is 0 Å². The van der Waals surface area contributed by atoms with E-state index in [0.29, 0.717) is 5.75 Å². The van der Waals surface area contributed by atoms with Gasteiger partial charge in [0.2, 0.25) is 0 Å². The van der Waals surface area contributed by atoms with E-state index in [9.17, 15) is 9.90 Å². The molecular weight excluding hydrogens is 278 g/mol. The summed E-state index contributed by atoms with van der Waals surface area (Å²) in [6.07, 6.45) is -0.104. The Balaban J connectivity index is 2.39. The maximum atomic E-state index is 11.9. The molecule has 1 aromatic heterocycles. The Labute approximate surface area is 128 Å². The van der Waals surface area contributed by atoms with Crippen molar-refractivity contribution in [3.63, 3.8) is 0 Å². The van der Waals surface area contributed by atoms with Crippen molar-refractivity contribution in [3.05, 3.63) is 60.3 Å². The lowest BCUT2D eigenvalue weighted by atomic mass is 10.2. The first kappa shape index (κ1) is 14.2. The fourth-order valence-electron chi connectivity index (χ4n) is 2.60. The summed E-state index contributed by atoms with van der Waals surface area (Å²) in [5.74, 6) is -0.586. The molecule has 1 heterocycles. The molecule has 4 nitrogen and oxygen atoms in total. The van der Waals surface area contributed by atoms with Gasteiger partial charge in [0, 0.05) is 11.1 Å². The topological polar surface area (TPSA) is 51.5 Å². The molecule has 0 spiro atoms. The van der Waals surface area contributed by atoms with Gasteiger partial charge in [-0.3, -0.25) is 0 Å². The van der Waals surface area contributed by atoms with Crippen molar-refractivity contribution in [1.29, 1.82) is 0 Å². The number of benzene rings is 2. The number of ether oxygens (including phenoxy) is 1. The number of aromatic nitrogens is 1. The molecular formula is C18H17NO3. The van der Waals surface area contributed by atoms with Crippen molar-refractivity contribution in [3.8, 4) is 11.4 Å². The number of rotatable bonds is 4. The molecule has 0 radical (unpaired) electrons. The number of fused-ring (bicyclic) bond motifs is 1. The second-order valence-corrected chi connectivity index (χ2v) is 5.34. The minimum atomic E-state index is -1.00. The first-order chi connectivity index (χ1) is 10.6. The number of carboxylic acids is 1. The quantitative estimate of drug-likeness (QED) is 0.788. The summed E-state index contributed by atoms with van der Waals surface area (Å²) in [6, 6.07) is 17.0. The SMILES string of the molecule is CC(C)Oc1c(C(=O)O)n(-c2ccccc2)c2ccccc12. The summed E-state index contributed by atoms with van der Waals surface area (Å²) in [6.45, 7) is 3.78. The van der Waals surface area contributed by atoms with Crippen LogP contribution in [0.5, 0.6) is 5.75 Å². The predicted octanol–water partition coefficient (Wildman–Crippen LogP) is 4.12. The average Bonchev–Trinajstić information content (AvgIpc) is 2.82. The molecule has 2 aromatic carbocycles. The van der Waals surface area contributed by atoms with Gasteiger partial charge >= 0.3 is 5.97 Å². The van der Waals surface area contributed by atoms with Crippen LogP contribution in [-0.2, 0) is 0 Å². The van der Waals surface area contributed by atoms with Crippen LogP contribution in [0.4, 0.5) is 0 Å². The fraction of sp³-hybridized carbons (Fsp3) is 0.167. The van der Waals surface area contributed by atoms with E-state index in [-0.39, 0.29) is 11.8 Å². The van der Waals surface area contributed by atoms with Gasteiger partial charge in [-0.1, -0.05) is 30.3 Å². The highest BCUT2D eigenvalue weighted by Gasteiger charge is 2.25. The Hall–Kier alpha value is -2.75. The number of para-hydroxylation sites is 2. The molecule has 0 unspecified atom stereocenters. The van der Waals surface area contributed by atoms with E-state index >= 15 is 0 Å². The van der Waals surface area contributed by atoms with Gasteiger partial charge in [-0.15, -0.1) is 0 Å².